The lowest BCUT2D eigenvalue weighted by Crippen LogP contribution is -2.48. The van der Waals surface area contributed by atoms with E-state index in [9.17, 15) is 9.18 Å². The molecule has 1 spiro atoms. The number of nitrogens with one attached hydrogen (secondary N) is 2. The molecule has 2 amide bonds. The van der Waals surface area contributed by atoms with Gasteiger partial charge in [-0.2, -0.15) is 0 Å². The van der Waals surface area contributed by atoms with Crippen molar-refractivity contribution in [1.29, 1.82) is 0 Å². The van der Waals surface area contributed by atoms with Crippen LogP contribution in [0.15, 0.2) is 48.7 Å². The summed E-state index contributed by atoms with van der Waals surface area (Å²) in [5.41, 5.74) is 4.99. The molecule has 2 N–H and O–H groups in total. The molecule has 0 atom stereocenters. The largest absolute Gasteiger partial charge is 0.357 e. The van der Waals surface area contributed by atoms with Gasteiger partial charge < -0.3 is 15.5 Å². The Morgan fingerprint density at radius 3 is 2.72 bits per heavy atom. The Morgan fingerprint density at radius 1 is 1.19 bits per heavy atom. The highest BCUT2D eigenvalue weighted by Crippen LogP contribution is 2.47. The van der Waals surface area contributed by atoms with Gasteiger partial charge in [0.1, 0.15) is 5.82 Å². The van der Waals surface area contributed by atoms with Crippen LogP contribution in [0.1, 0.15) is 24.0 Å². The summed E-state index contributed by atoms with van der Waals surface area (Å²) in [5.74, 6) is 0.105. The third-order valence-corrected chi connectivity index (χ3v) is 6.84. The SMILES string of the molecule is CNc1ncc2c(n1)-c1ccccc1C1(CCN(C(=O)Nc3ccc(F)c(Cl)c3)CC1)C2. The first-order chi connectivity index (χ1) is 15.5. The lowest BCUT2D eigenvalue weighted by atomic mass is 9.64. The number of halogens is 2. The summed E-state index contributed by atoms with van der Waals surface area (Å²) in [6.45, 7) is 1.25. The number of carbonyl (C=O) groups is 1. The molecule has 1 saturated heterocycles. The maximum Gasteiger partial charge on any atom is 0.321 e. The molecule has 2 heterocycles. The van der Waals surface area contributed by atoms with Crippen LogP contribution in [0.3, 0.4) is 0 Å². The van der Waals surface area contributed by atoms with Gasteiger partial charge in [-0.1, -0.05) is 35.9 Å². The average Bonchev–Trinajstić information content (AvgIpc) is 2.82. The minimum atomic E-state index is -0.508. The normalized spacial score (nSPS) is 16.3. The Bertz CT molecular complexity index is 1190. The van der Waals surface area contributed by atoms with Crippen molar-refractivity contribution in [3.63, 3.8) is 0 Å². The van der Waals surface area contributed by atoms with Crippen molar-refractivity contribution in [1.82, 2.24) is 14.9 Å². The number of hydrogen-bond acceptors (Lipinski definition) is 4. The molecule has 32 heavy (non-hydrogen) atoms. The van der Waals surface area contributed by atoms with Gasteiger partial charge in [-0.25, -0.2) is 19.2 Å². The maximum atomic E-state index is 13.4. The van der Waals surface area contributed by atoms with Crippen LogP contribution >= 0.6 is 11.6 Å². The molecule has 1 aromatic heterocycles. The van der Waals surface area contributed by atoms with E-state index in [0.717, 1.165) is 36.1 Å². The Hall–Kier alpha value is -3.19. The van der Waals surface area contributed by atoms with Gasteiger partial charge in [-0.3, -0.25) is 0 Å². The van der Waals surface area contributed by atoms with E-state index < -0.39 is 5.82 Å². The number of urea groups is 1. The van der Waals surface area contributed by atoms with E-state index in [1.807, 2.05) is 19.3 Å². The maximum absolute atomic E-state index is 13.4. The van der Waals surface area contributed by atoms with Gasteiger partial charge in [0.25, 0.3) is 0 Å². The zero-order chi connectivity index (χ0) is 22.3. The first-order valence-electron chi connectivity index (χ1n) is 10.6. The van der Waals surface area contributed by atoms with Crippen LogP contribution < -0.4 is 10.6 Å². The molecule has 2 aromatic carbocycles. The molecule has 0 unspecified atom stereocenters. The lowest BCUT2D eigenvalue weighted by molar-refractivity contribution is 0.166. The van der Waals surface area contributed by atoms with Crippen LogP contribution in [0.25, 0.3) is 11.3 Å². The van der Waals surface area contributed by atoms with Crippen LogP contribution in [0.5, 0.6) is 0 Å². The first-order valence-corrected chi connectivity index (χ1v) is 11.0. The van der Waals surface area contributed by atoms with Crippen molar-refractivity contribution in [2.75, 3.05) is 30.8 Å². The quantitative estimate of drug-likeness (QED) is 0.568. The zero-order valence-corrected chi connectivity index (χ0v) is 18.4. The number of hydrogen-bond donors (Lipinski definition) is 2. The molecule has 2 aliphatic rings. The summed E-state index contributed by atoms with van der Waals surface area (Å²) in [6, 6.07) is 12.4. The van der Waals surface area contributed by atoms with Gasteiger partial charge in [0.2, 0.25) is 5.95 Å². The van der Waals surface area contributed by atoms with E-state index in [2.05, 4.69) is 33.8 Å². The minimum Gasteiger partial charge on any atom is -0.357 e. The highest BCUT2D eigenvalue weighted by Gasteiger charge is 2.42. The molecular formula is C24H23ClFN5O. The first kappa shape index (κ1) is 20.7. The van der Waals surface area contributed by atoms with Crippen molar-refractivity contribution in [3.8, 4) is 11.3 Å². The van der Waals surface area contributed by atoms with Crippen molar-refractivity contribution < 1.29 is 9.18 Å². The molecule has 0 radical (unpaired) electrons. The van der Waals surface area contributed by atoms with Gasteiger partial charge >= 0.3 is 6.03 Å². The number of amides is 2. The molecule has 1 aliphatic heterocycles. The number of benzene rings is 2. The minimum absolute atomic E-state index is 0.0125. The highest BCUT2D eigenvalue weighted by atomic mass is 35.5. The average molecular weight is 452 g/mol. The number of likely N-dealkylation sites (tertiary alicyclic amines) is 1. The Morgan fingerprint density at radius 2 is 1.97 bits per heavy atom. The van der Waals surface area contributed by atoms with E-state index in [1.165, 1.54) is 23.8 Å². The summed E-state index contributed by atoms with van der Waals surface area (Å²) in [7, 11) is 1.82. The molecule has 8 heteroatoms. The summed E-state index contributed by atoms with van der Waals surface area (Å²) in [4.78, 5) is 23.8. The number of piperidine rings is 1. The third kappa shape index (κ3) is 3.56. The fraction of sp³-hybridized carbons (Fsp3) is 0.292. The molecule has 3 aromatic rings. The van der Waals surface area contributed by atoms with Crippen LogP contribution in [0.4, 0.5) is 20.8 Å². The Balaban J connectivity index is 1.36. The third-order valence-electron chi connectivity index (χ3n) is 6.55. The summed E-state index contributed by atoms with van der Waals surface area (Å²) < 4.78 is 13.4. The number of nitrogens with zero attached hydrogens (tertiary/aromatic N) is 3. The molecular weight excluding hydrogens is 429 g/mol. The van der Waals surface area contributed by atoms with E-state index >= 15 is 0 Å². The van der Waals surface area contributed by atoms with Crippen LogP contribution in [0.2, 0.25) is 5.02 Å². The Labute approximate surface area is 190 Å². The summed E-state index contributed by atoms with van der Waals surface area (Å²) in [6.07, 6.45) is 4.46. The molecule has 0 bridgehead atoms. The van der Waals surface area contributed by atoms with Gasteiger partial charge in [-0.15, -0.1) is 0 Å². The van der Waals surface area contributed by atoms with Crippen LogP contribution in [0, 0.1) is 5.82 Å². The predicted octanol–water partition coefficient (Wildman–Crippen LogP) is 5.10. The summed E-state index contributed by atoms with van der Waals surface area (Å²) in [5, 5.41) is 5.84. The number of carbonyl (C=O) groups excluding carboxylic acids is 1. The standard InChI is InChI=1S/C24H23ClFN5O/c1-27-22-28-14-15-13-24(18-5-3-2-4-17(18)21(15)30-22)8-10-31(11-9-24)23(32)29-16-6-7-20(26)19(25)12-16/h2-7,12,14H,8-11,13H2,1H3,(H,29,32)(H,27,28,30). The molecule has 0 saturated carbocycles. The van der Waals surface area contributed by atoms with Gasteiger partial charge in [-0.05, 0) is 48.6 Å². The number of fused-ring (bicyclic) bond motifs is 4. The lowest BCUT2D eigenvalue weighted by Gasteiger charge is -2.45. The van der Waals surface area contributed by atoms with E-state index in [0.29, 0.717) is 24.7 Å². The smallest absolute Gasteiger partial charge is 0.321 e. The second-order valence-electron chi connectivity index (χ2n) is 8.37. The van der Waals surface area contributed by atoms with Crippen molar-refractivity contribution >= 4 is 29.3 Å². The van der Waals surface area contributed by atoms with Crippen molar-refractivity contribution in [3.05, 3.63) is 70.6 Å². The Kier molecular flexibility index (Phi) is 5.21. The molecule has 164 valence electrons. The van der Waals surface area contributed by atoms with Crippen molar-refractivity contribution in [2.24, 2.45) is 0 Å². The topological polar surface area (TPSA) is 70.2 Å². The zero-order valence-electron chi connectivity index (χ0n) is 17.7. The van der Waals surface area contributed by atoms with Crippen molar-refractivity contribution in [2.45, 2.75) is 24.7 Å². The highest BCUT2D eigenvalue weighted by molar-refractivity contribution is 6.31. The second kappa shape index (κ2) is 8.06. The van der Waals surface area contributed by atoms with E-state index in [1.54, 1.807) is 4.90 Å². The number of anilines is 2. The molecule has 1 aliphatic carbocycles. The van der Waals surface area contributed by atoms with Gasteiger partial charge in [0.05, 0.1) is 10.7 Å². The fourth-order valence-corrected chi connectivity index (χ4v) is 5.04. The number of rotatable bonds is 2. The molecule has 6 nitrogen and oxygen atoms in total. The van der Waals surface area contributed by atoms with Crippen LogP contribution in [-0.4, -0.2) is 41.0 Å². The molecule has 1 fully saturated rings. The van der Waals surface area contributed by atoms with Gasteiger partial charge in [0, 0.05) is 43.0 Å². The second-order valence-corrected chi connectivity index (χ2v) is 8.77. The monoisotopic (exact) mass is 451 g/mol. The van der Waals surface area contributed by atoms with Crippen LogP contribution in [-0.2, 0) is 11.8 Å². The number of aromatic nitrogens is 2. The fourth-order valence-electron chi connectivity index (χ4n) is 4.86. The van der Waals surface area contributed by atoms with Gasteiger partial charge in [0.15, 0.2) is 0 Å². The summed E-state index contributed by atoms with van der Waals surface area (Å²) >= 11 is 5.83. The predicted molar refractivity (Wildman–Crippen MR) is 124 cm³/mol. The van der Waals surface area contributed by atoms with E-state index in [-0.39, 0.29) is 16.5 Å². The molecule has 5 rings (SSSR count). The van der Waals surface area contributed by atoms with E-state index in [4.69, 9.17) is 16.6 Å².